The minimum absolute atomic E-state index is 0.0680. The summed E-state index contributed by atoms with van der Waals surface area (Å²) >= 11 is 6.16. The molecule has 9 heteroatoms. The van der Waals surface area contributed by atoms with Gasteiger partial charge in [-0.3, -0.25) is 14.9 Å². The average molecular weight is 466 g/mol. The van der Waals surface area contributed by atoms with Crippen LogP contribution in [0.25, 0.3) is 0 Å². The van der Waals surface area contributed by atoms with Gasteiger partial charge in [-0.2, -0.15) is 13.2 Å². The zero-order valence-electron chi connectivity index (χ0n) is 17.5. The highest BCUT2D eigenvalue weighted by atomic mass is 35.5. The monoisotopic (exact) mass is 465 g/mol. The van der Waals surface area contributed by atoms with E-state index in [1.54, 1.807) is 47.1 Å². The Labute approximate surface area is 189 Å². The maximum atomic E-state index is 13.1. The van der Waals surface area contributed by atoms with E-state index in [4.69, 9.17) is 11.6 Å². The lowest BCUT2D eigenvalue weighted by atomic mass is 9.94. The lowest BCUT2D eigenvalue weighted by Gasteiger charge is -2.44. The molecule has 170 valence electrons. The fourth-order valence-electron chi connectivity index (χ4n) is 4.54. The van der Waals surface area contributed by atoms with Gasteiger partial charge >= 0.3 is 6.18 Å². The van der Waals surface area contributed by atoms with Gasteiger partial charge in [0.15, 0.2) is 0 Å². The number of rotatable bonds is 3. The number of carbonyl (C=O) groups is 2. The summed E-state index contributed by atoms with van der Waals surface area (Å²) in [6.07, 6.45) is -3.50. The lowest BCUT2D eigenvalue weighted by molar-refractivity contribution is -0.137. The average Bonchev–Trinajstić information content (AvgIpc) is 2.98. The van der Waals surface area contributed by atoms with Crippen molar-refractivity contribution in [1.29, 1.82) is 0 Å². The van der Waals surface area contributed by atoms with Gasteiger partial charge < -0.3 is 9.80 Å². The van der Waals surface area contributed by atoms with Gasteiger partial charge in [0.1, 0.15) is 0 Å². The van der Waals surface area contributed by atoms with Crippen LogP contribution in [0.15, 0.2) is 48.5 Å². The predicted octanol–water partition coefficient (Wildman–Crippen LogP) is 4.31. The Morgan fingerprint density at radius 3 is 2.50 bits per heavy atom. The standard InChI is InChI=1S/C23H23ClF3N3O2/c1-15-20(31)30(14-16-5-4-6-17(13-16)23(25,26)27)22(28-15)9-11-29(12-10-22)21(32)18-7-2-3-8-19(18)24/h2-8,13,15,28H,9-12,14H2,1H3. The normalized spacial score (nSPS) is 20.8. The first-order chi connectivity index (χ1) is 15.1. The summed E-state index contributed by atoms with van der Waals surface area (Å²) in [5.74, 6) is -0.333. The summed E-state index contributed by atoms with van der Waals surface area (Å²) in [5.41, 5.74) is -0.605. The second-order valence-electron chi connectivity index (χ2n) is 8.29. The zero-order chi connectivity index (χ0) is 23.1. The van der Waals surface area contributed by atoms with Crippen LogP contribution in [0.2, 0.25) is 5.02 Å². The zero-order valence-corrected chi connectivity index (χ0v) is 18.2. The molecule has 1 unspecified atom stereocenters. The Balaban J connectivity index is 1.52. The van der Waals surface area contributed by atoms with Gasteiger partial charge in [0, 0.05) is 32.5 Å². The van der Waals surface area contributed by atoms with E-state index in [0.717, 1.165) is 12.1 Å². The summed E-state index contributed by atoms with van der Waals surface area (Å²) < 4.78 is 39.3. The van der Waals surface area contributed by atoms with E-state index < -0.39 is 23.4 Å². The first-order valence-corrected chi connectivity index (χ1v) is 10.8. The number of alkyl halides is 3. The van der Waals surface area contributed by atoms with Crippen LogP contribution in [0.1, 0.15) is 41.3 Å². The predicted molar refractivity (Wildman–Crippen MR) is 114 cm³/mol. The number of carbonyl (C=O) groups excluding carboxylic acids is 2. The van der Waals surface area contributed by atoms with Crippen molar-refractivity contribution < 1.29 is 22.8 Å². The third kappa shape index (κ3) is 4.21. The quantitative estimate of drug-likeness (QED) is 0.735. The molecule has 1 N–H and O–H groups in total. The highest BCUT2D eigenvalue weighted by Crippen LogP contribution is 2.35. The van der Waals surface area contributed by atoms with Crippen molar-refractivity contribution in [2.75, 3.05) is 13.1 Å². The maximum absolute atomic E-state index is 13.1. The van der Waals surface area contributed by atoms with Gasteiger partial charge in [0.25, 0.3) is 5.91 Å². The number of piperidine rings is 1. The Kier molecular flexibility index (Phi) is 5.94. The van der Waals surface area contributed by atoms with Crippen molar-refractivity contribution in [3.05, 3.63) is 70.2 Å². The van der Waals surface area contributed by atoms with Crippen molar-refractivity contribution in [2.45, 2.75) is 44.2 Å². The highest BCUT2D eigenvalue weighted by Gasteiger charge is 2.50. The minimum Gasteiger partial charge on any atom is -0.338 e. The number of halogens is 4. The Bertz CT molecular complexity index is 1040. The molecule has 2 saturated heterocycles. The number of nitrogens with one attached hydrogen (secondary N) is 1. The molecule has 2 aromatic carbocycles. The molecule has 0 aliphatic carbocycles. The van der Waals surface area contributed by atoms with E-state index in [1.807, 2.05) is 0 Å². The van der Waals surface area contributed by atoms with Crippen molar-refractivity contribution in [2.24, 2.45) is 0 Å². The summed E-state index contributed by atoms with van der Waals surface area (Å²) in [4.78, 5) is 29.1. The summed E-state index contributed by atoms with van der Waals surface area (Å²) in [5, 5.41) is 3.72. The van der Waals surface area contributed by atoms with Gasteiger partial charge in [0.05, 0.1) is 27.9 Å². The number of nitrogens with zero attached hydrogens (tertiary/aromatic N) is 2. The molecule has 2 aliphatic rings. The largest absolute Gasteiger partial charge is 0.416 e. The Hall–Kier alpha value is -2.58. The number of amides is 2. The molecule has 2 aliphatic heterocycles. The number of benzene rings is 2. The van der Waals surface area contributed by atoms with Crippen LogP contribution >= 0.6 is 11.6 Å². The molecule has 2 amide bonds. The molecule has 0 aromatic heterocycles. The number of hydrogen-bond donors (Lipinski definition) is 1. The highest BCUT2D eigenvalue weighted by molar-refractivity contribution is 6.33. The maximum Gasteiger partial charge on any atom is 0.416 e. The third-order valence-corrected chi connectivity index (χ3v) is 6.54. The first-order valence-electron chi connectivity index (χ1n) is 10.4. The second-order valence-corrected chi connectivity index (χ2v) is 8.70. The van der Waals surface area contributed by atoms with Crippen molar-refractivity contribution in [3.8, 4) is 0 Å². The van der Waals surface area contributed by atoms with Gasteiger partial charge in [0.2, 0.25) is 5.91 Å². The van der Waals surface area contributed by atoms with Crippen molar-refractivity contribution in [3.63, 3.8) is 0 Å². The van der Waals surface area contributed by atoms with Gasteiger partial charge in [-0.15, -0.1) is 0 Å². The second kappa shape index (κ2) is 8.41. The number of likely N-dealkylation sites (tertiary alicyclic amines) is 1. The number of hydrogen-bond acceptors (Lipinski definition) is 3. The molecule has 32 heavy (non-hydrogen) atoms. The summed E-state index contributed by atoms with van der Waals surface area (Å²) in [6.45, 7) is 2.61. The van der Waals surface area contributed by atoms with Crippen LogP contribution in [0, 0.1) is 0 Å². The molecule has 2 aromatic rings. The summed E-state index contributed by atoms with van der Waals surface area (Å²) in [6, 6.07) is 11.4. The Morgan fingerprint density at radius 2 is 1.84 bits per heavy atom. The van der Waals surface area contributed by atoms with Gasteiger partial charge in [-0.25, -0.2) is 0 Å². The molecule has 4 rings (SSSR count). The van der Waals surface area contributed by atoms with Crippen LogP contribution in [0.3, 0.4) is 0 Å². The van der Waals surface area contributed by atoms with Crippen molar-refractivity contribution >= 4 is 23.4 Å². The molecule has 0 radical (unpaired) electrons. The topological polar surface area (TPSA) is 52.7 Å². The molecule has 2 fully saturated rings. The smallest absolute Gasteiger partial charge is 0.338 e. The van der Waals surface area contributed by atoms with E-state index in [2.05, 4.69) is 5.32 Å². The first kappa shape index (κ1) is 22.6. The molecular formula is C23H23ClF3N3O2. The van der Waals surface area contributed by atoms with Gasteiger partial charge in [-0.05, 0) is 36.8 Å². The van der Waals surface area contributed by atoms with E-state index in [1.165, 1.54) is 6.07 Å². The molecule has 5 nitrogen and oxygen atoms in total. The fraction of sp³-hybridized carbons (Fsp3) is 0.391. The molecule has 0 bridgehead atoms. The van der Waals surface area contributed by atoms with E-state index in [9.17, 15) is 22.8 Å². The summed E-state index contributed by atoms with van der Waals surface area (Å²) in [7, 11) is 0. The molecule has 2 heterocycles. The Morgan fingerprint density at radius 1 is 1.16 bits per heavy atom. The molecule has 1 atom stereocenters. The van der Waals surface area contributed by atoms with Crippen molar-refractivity contribution in [1.82, 2.24) is 15.1 Å². The fourth-order valence-corrected chi connectivity index (χ4v) is 4.76. The molecule has 1 spiro atoms. The lowest BCUT2D eigenvalue weighted by Crippen LogP contribution is -2.59. The van der Waals surface area contributed by atoms with Gasteiger partial charge in [-0.1, -0.05) is 35.9 Å². The minimum atomic E-state index is -4.45. The van der Waals surface area contributed by atoms with Crippen LogP contribution < -0.4 is 5.32 Å². The van der Waals surface area contributed by atoms with Crippen LogP contribution in [0.4, 0.5) is 13.2 Å². The van der Waals surface area contributed by atoms with E-state index in [0.29, 0.717) is 42.1 Å². The van der Waals surface area contributed by atoms with E-state index >= 15 is 0 Å². The van der Waals surface area contributed by atoms with Crippen LogP contribution in [-0.4, -0.2) is 46.4 Å². The van der Waals surface area contributed by atoms with Crippen LogP contribution in [0.5, 0.6) is 0 Å². The molecular weight excluding hydrogens is 443 g/mol. The third-order valence-electron chi connectivity index (χ3n) is 6.22. The van der Waals surface area contributed by atoms with Crippen LogP contribution in [-0.2, 0) is 17.5 Å². The SMILES string of the molecule is CC1NC2(CCN(C(=O)c3ccccc3Cl)CC2)N(Cc2cccc(C(F)(F)F)c2)C1=O. The molecule has 0 saturated carbocycles. The van der Waals surface area contributed by atoms with E-state index in [-0.39, 0.29) is 18.4 Å².